The number of anilines is 4. The van der Waals surface area contributed by atoms with E-state index < -0.39 is 0 Å². The lowest BCUT2D eigenvalue weighted by Crippen LogP contribution is -1.95. The first-order valence-electron chi connectivity index (χ1n) is 8.74. The van der Waals surface area contributed by atoms with Crippen molar-refractivity contribution >= 4 is 56.4 Å². The van der Waals surface area contributed by atoms with Crippen LogP contribution in [0.3, 0.4) is 0 Å². The lowest BCUT2D eigenvalue weighted by atomic mass is 10.2. The third-order valence-electron chi connectivity index (χ3n) is 4.42. The first kappa shape index (κ1) is 16.5. The molecule has 136 valence electrons. The number of pyridine rings is 2. The second-order valence-corrected chi connectivity index (χ2v) is 6.74. The van der Waals surface area contributed by atoms with Crippen LogP contribution >= 0.6 is 11.6 Å². The van der Waals surface area contributed by atoms with Crippen molar-refractivity contribution in [3.05, 3.63) is 78.1 Å². The average molecular weight is 387 g/mol. The van der Waals surface area contributed by atoms with Gasteiger partial charge in [-0.2, -0.15) is 5.10 Å². The van der Waals surface area contributed by atoms with Gasteiger partial charge in [-0.3, -0.25) is 15.1 Å². The fraction of sp³-hybridized carbons (Fsp3) is 0. The van der Waals surface area contributed by atoms with Gasteiger partial charge in [0.05, 0.1) is 33.6 Å². The van der Waals surface area contributed by atoms with Gasteiger partial charge in [0.1, 0.15) is 5.52 Å². The number of fused-ring (bicyclic) bond motifs is 2. The highest BCUT2D eigenvalue weighted by Crippen LogP contribution is 2.31. The van der Waals surface area contributed by atoms with E-state index in [-0.39, 0.29) is 0 Å². The van der Waals surface area contributed by atoms with E-state index >= 15 is 0 Å². The molecule has 0 saturated carbocycles. The van der Waals surface area contributed by atoms with Gasteiger partial charge in [0.2, 0.25) is 0 Å². The molecule has 3 aromatic heterocycles. The smallest absolute Gasteiger partial charge is 0.178 e. The number of hydrogen-bond donors (Lipinski definition) is 3. The van der Waals surface area contributed by atoms with Crippen molar-refractivity contribution in [3.63, 3.8) is 0 Å². The Balaban J connectivity index is 1.39. The number of aromatic amines is 1. The Morgan fingerprint density at radius 1 is 0.857 bits per heavy atom. The standard InChI is InChI=1S/C21H15ClN6/c22-16-11-14(26-21-20-19(27-28-21)6-3-9-23-20)7-8-18(16)25-15-10-13-4-1-2-5-17(13)24-12-15/h1-12,25H,(H2,26,27,28). The normalized spacial score (nSPS) is 11.0. The molecule has 2 aromatic carbocycles. The van der Waals surface area contributed by atoms with Gasteiger partial charge in [-0.25, -0.2) is 0 Å². The maximum Gasteiger partial charge on any atom is 0.178 e. The maximum absolute atomic E-state index is 6.49. The average Bonchev–Trinajstić information content (AvgIpc) is 3.13. The van der Waals surface area contributed by atoms with Crippen LogP contribution in [0.4, 0.5) is 22.9 Å². The molecule has 0 unspecified atom stereocenters. The Morgan fingerprint density at radius 3 is 2.71 bits per heavy atom. The lowest BCUT2D eigenvalue weighted by Gasteiger charge is -2.11. The van der Waals surface area contributed by atoms with Gasteiger partial charge in [-0.1, -0.05) is 29.8 Å². The Bertz CT molecular complexity index is 1300. The summed E-state index contributed by atoms with van der Waals surface area (Å²) >= 11 is 6.49. The number of aromatic nitrogens is 4. The molecule has 0 aliphatic heterocycles. The van der Waals surface area contributed by atoms with Gasteiger partial charge in [-0.05, 0) is 42.5 Å². The molecular weight excluding hydrogens is 372 g/mol. The Labute approximate surface area is 165 Å². The van der Waals surface area contributed by atoms with E-state index in [0.29, 0.717) is 10.8 Å². The van der Waals surface area contributed by atoms with Crippen molar-refractivity contribution in [2.24, 2.45) is 0 Å². The summed E-state index contributed by atoms with van der Waals surface area (Å²) in [6.07, 6.45) is 3.53. The summed E-state index contributed by atoms with van der Waals surface area (Å²) in [6, 6.07) is 19.5. The molecule has 0 fully saturated rings. The summed E-state index contributed by atoms with van der Waals surface area (Å²) < 4.78 is 0. The highest BCUT2D eigenvalue weighted by molar-refractivity contribution is 6.33. The molecule has 5 rings (SSSR count). The summed E-state index contributed by atoms with van der Waals surface area (Å²) in [4.78, 5) is 8.82. The largest absolute Gasteiger partial charge is 0.353 e. The van der Waals surface area contributed by atoms with Crippen LogP contribution in [0.15, 0.2) is 73.1 Å². The van der Waals surface area contributed by atoms with E-state index in [1.165, 1.54) is 0 Å². The van der Waals surface area contributed by atoms with Crippen molar-refractivity contribution < 1.29 is 0 Å². The van der Waals surface area contributed by atoms with Crippen molar-refractivity contribution in [2.45, 2.75) is 0 Å². The molecule has 28 heavy (non-hydrogen) atoms. The van der Waals surface area contributed by atoms with Crippen LogP contribution in [0, 0.1) is 0 Å². The second-order valence-electron chi connectivity index (χ2n) is 6.33. The fourth-order valence-electron chi connectivity index (χ4n) is 3.07. The molecule has 0 bridgehead atoms. The Kier molecular flexibility index (Phi) is 4.03. The number of halogens is 1. The van der Waals surface area contributed by atoms with Crippen molar-refractivity contribution in [1.29, 1.82) is 0 Å². The van der Waals surface area contributed by atoms with E-state index in [9.17, 15) is 0 Å². The van der Waals surface area contributed by atoms with Crippen LogP contribution in [-0.2, 0) is 0 Å². The number of nitrogens with zero attached hydrogens (tertiary/aromatic N) is 3. The van der Waals surface area contributed by atoms with Gasteiger partial charge >= 0.3 is 0 Å². The monoisotopic (exact) mass is 386 g/mol. The first-order chi connectivity index (χ1) is 13.8. The van der Waals surface area contributed by atoms with Crippen LogP contribution in [-0.4, -0.2) is 20.2 Å². The van der Waals surface area contributed by atoms with Crippen molar-refractivity contribution in [2.75, 3.05) is 10.6 Å². The number of rotatable bonds is 4. The highest BCUT2D eigenvalue weighted by Gasteiger charge is 2.08. The van der Waals surface area contributed by atoms with E-state index in [4.69, 9.17) is 11.6 Å². The van der Waals surface area contributed by atoms with E-state index in [1.54, 1.807) is 12.4 Å². The van der Waals surface area contributed by atoms with Gasteiger partial charge in [-0.15, -0.1) is 0 Å². The molecule has 0 amide bonds. The zero-order chi connectivity index (χ0) is 18.9. The highest BCUT2D eigenvalue weighted by atomic mass is 35.5. The molecule has 0 spiro atoms. The molecule has 0 aliphatic carbocycles. The number of H-pyrrole nitrogens is 1. The molecular formula is C21H15ClN6. The molecule has 6 nitrogen and oxygen atoms in total. The lowest BCUT2D eigenvalue weighted by molar-refractivity contribution is 1.12. The van der Waals surface area contributed by atoms with Crippen LogP contribution in [0.1, 0.15) is 0 Å². The fourth-order valence-corrected chi connectivity index (χ4v) is 3.29. The minimum atomic E-state index is 0.589. The number of para-hydroxylation sites is 1. The predicted octanol–water partition coefficient (Wildman–Crippen LogP) is 5.65. The molecule has 0 atom stereocenters. The van der Waals surface area contributed by atoms with Crippen molar-refractivity contribution in [1.82, 2.24) is 20.2 Å². The third-order valence-corrected chi connectivity index (χ3v) is 4.73. The molecule has 5 aromatic rings. The van der Waals surface area contributed by atoms with Gasteiger partial charge in [0.15, 0.2) is 5.82 Å². The Hall–Kier alpha value is -3.64. The van der Waals surface area contributed by atoms with E-state index in [1.807, 2.05) is 60.7 Å². The summed E-state index contributed by atoms with van der Waals surface area (Å²) in [5.74, 6) is 0.658. The summed E-state index contributed by atoms with van der Waals surface area (Å²) in [7, 11) is 0. The zero-order valence-electron chi connectivity index (χ0n) is 14.6. The van der Waals surface area contributed by atoms with Crippen LogP contribution < -0.4 is 10.6 Å². The number of nitrogens with one attached hydrogen (secondary N) is 3. The third kappa shape index (κ3) is 3.10. The minimum absolute atomic E-state index is 0.589. The van der Waals surface area contributed by atoms with E-state index in [2.05, 4.69) is 30.8 Å². The molecule has 0 saturated heterocycles. The summed E-state index contributed by atoms with van der Waals surface area (Å²) in [6.45, 7) is 0. The van der Waals surface area contributed by atoms with Crippen LogP contribution in [0.25, 0.3) is 21.9 Å². The number of hydrogen-bond acceptors (Lipinski definition) is 5. The molecule has 3 N–H and O–H groups in total. The first-order valence-corrected chi connectivity index (χ1v) is 9.11. The second kappa shape index (κ2) is 6.83. The SMILES string of the molecule is Clc1cc(Nc2n[nH]c3cccnc23)ccc1Nc1cnc2ccccc2c1. The molecule has 3 heterocycles. The summed E-state index contributed by atoms with van der Waals surface area (Å²) in [5, 5.41) is 15.5. The predicted molar refractivity (Wildman–Crippen MR) is 114 cm³/mol. The number of benzene rings is 2. The quantitative estimate of drug-likeness (QED) is 0.372. The Morgan fingerprint density at radius 2 is 1.79 bits per heavy atom. The molecule has 0 aliphatic rings. The van der Waals surface area contributed by atoms with Gasteiger partial charge in [0, 0.05) is 17.3 Å². The van der Waals surface area contributed by atoms with Crippen molar-refractivity contribution in [3.8, 4) is 0 Å². The zero-order valence-corrected chi connectivity index (χ0v) is 15.4. The summed E-state index contributed by atoms with van der Waals surface area (Å²) in [5.41, 5.74) is 5.11. The molecule has 7 heteroatoms. The topological polar surface area (TPSA) is 78.5 Å². The van der Waals surface area contributed by atoms with Gasteiger partial charge < -0.3 is 10.6 Å². The minimum Gasteiger partial charge on any atom is -0.353 e. The van der Waals surface area contributed by atoms with Crippen LogP contribution in [0.5, 0.6) is 0 Å². The van der Waals surface area contributed by atoms with E-state index in [0.717, 1.165) is 39.0 Å². The van der Waals surface area contributed by atoms with Crippen LogP contribution in [0.2, 0.25) is 5.02 Å². The molecule has 0 radical (unpaired) electrons. The maximum atomic E-state index is 6.49. The van der Waals surface area contributed by atoms with Gasteiger partial charge in [0.25, 0.3) is 0 Å².